The van der Waals surface area contributed by atoms with Gasteiger partial charge in [0.25, 0.3) is 0 Å². The number of urea groups is 1. The number of hydrogen-bond donors (Lipinski definition) is 4. The van der Waals surface area contributed by atoms with Crippen molar-refractivity contribution in [2.45, 2.75) is 149 Å². The molecule has 0 aliphatic heterocycles. The third-order valence-corrected chi connectivity index (χ3v) is 6.82. The first-order valence-electron chi connectivity index (χ1n) is 14.8. The number of primary amides is 1. The van der Waals surface area contributed by atoms with E-state index in [1.54, 1.807) is 0 Å². The fourth-order valence-electron chi connectivity index (χ4n) is 4.46. The van der Waals surface area contributed by atoms with Crippen LogP contribution in [0.2, 0.25) is 0 Å². The molecular formula is C29H58N4O3. The maximum absolute atomic E-state index is 12.7. The maximum Gasteiger partial charge on any atom is 0.312 e. The molecule has 2 atom stereocenters. The molecule has 0 spiro atoms. The molecule has 4 amide bonds. The summed E-state index contributed by atoms with van der Waals surface area (Å²) in [6, 6.07) is -2.16. The SMILES string of the molecule is CCCCCCCCCCCCCCCCCCNC(=O)[C@@H](NC(=O)[C@@H](NC(N)=O)C(C)C)C(C)C. The van der Waals surface area contributed by atoms with Gasteiger partial charge in [-0.05, 0) is 18.3 Å². The van der Waals surface area contributed by atoms with Crippen LogP contribution in [0, 0.1) is 11.8 Å². The van der Waals surface area contributed by atoms with Crippen molar-refractivity contribution in [3.05, 3.63) is 0 Å². The molecule has 0 aliphatic rings. The van der Waals surface area contributed by atoms with Crippen LogP contribution in [-0.2, 0) is 9.59 Å². The molecule has 0 aromatic heterocycles. The summed E-state index contributed by atoms with van der Waals surface area (Å²) in [7, 11) is 0. The van der Waals surface area contributed by atoms with Crippen LogP contribution in [0.25, 0.3) is 0 Å². The molecule has 5 N–H and O–H groups in total. The Hall–Kier alpha value is -1.79. The monoisotopic (exact) mass is 510 g/mol. The molecule has 0 aromatic carbocycles. The third-order valence-electron chi connectivity index (χ3n) is 6.82. The first-order valence-corrected chi connectivity index (χ1v) is 14.8. The van der Waals surface area contributed by atoms with Gasteiger partial charge in [-0.15, -0.1) is 0 Å². The number of unbranched alkanes of at least 4 members (excludes halogenated alkanes) is 15. The van der Waals surface area contributed by atoms with Crippen molar-refractivity contribution in [3.8, 4) is 0 Å². The summed E-state index contributed by atoms with van der Waals surface area (Å²) in [6.45, 7) is 10.3. The van der Waals surface area contributed by atoms with E-state index in [4.69, 9.17) is 5.73 Å². The van der Waals surface area contributed by atoms with Gasteiger partial charge in [-0.25, -0.2) is 4.79 Å². The Labute approximate surface area is 221 Å². The van der Waals surface area contributed by atoms with Crippen LogP contribution in [0.5, 0.6) is 0 Å². The number of carbonyl (C=O) groups excluding carboxylic acids is 3. The standard InChI is InChI=1S/C29H58N4O3/c1-6-7-8-9-10-11-12-13-14-15-16-17-18-19-20-21-22-31-27(34)25(23(2)3)32-28(35)26(24(4)5)33-29(30)36/h23-26H,6-22H2,1-5H3,(H,31,34)(H,32,35)(H3,30,33,36)/t25-,26-/m0/s1. The average Bonchev–Trinajstić information content (AvgIpc) is 2.82. The van der Waals surface area contributed by atoms with Crippen LogP contribution in [-0.4, -0.2) is 36.5 Å². The summed E-state index contributed by atoms with van der Waals surface area (Å²) in [5.41, 5.74) is 5.19. The highest BCUT2D eigenvalue weighted by atomic mass is 16.2. The zero-order chi connectivity index (χ0) is 27.2. The van der Waals surface area contributed by atoms with E-state index < -0.39 is 18.1 Å². The van der Waals surface area contributed by atoms with Gasteiger partial charge in [-0.2, -0.15) is 0 Å². The van der Waals surface area contributed by atoms with Gasteiger partial charge in [-0.1, -0.05) is 131 Å². The normalized spacial score (nSPS) is 13.0. The van der Waals surface area contributed by atoms with Crippen LogP contribution in [0.15, 0.2) is 0 Å². The second-order valence-electron chi connectivity index (χ2n) is 11.1. The Bertz CT molecular complexity index is 581. The smallest absolute Gasteiger partial charge is 0.312 e. The Balaban J connectivity index is 3.86. The second-order valence-corrected chi connectivity index (χ2v) is 11.1. The molecule has 0 saturated carbocycles. The van der Waals surface area contributed by atoms with E-state index in [0.29, 0.717) is 6.54 Å². The highest BCUT2D eigenvalue weighted by Gasteiger charge is 2.29. The third kappa shape index (κ3) is 18.5. The summed E-state index contributed by atoms with van der Waals surface area (Å²) in [4.78, 5) is 36.5. The molecule has 7 heteroatoms. The molecule has 0 saturated heterocycles. The highest BCUT2D eigenvalue weighted by molar-refractivity contribution is 5.91. The number of nitrogens with two attached hydrogens (primary N) is 1. The molecule has 0 heterocycles. The zero-order valence-corrected chi connectivity index (χ0v) is 24.1. The highest BCUT2D eigenvalue weighted by Crippen LogP contribution is 2.14. The minimum Gasteiger partial charge on any atom is -0.354 e. The largest absolute Gasteiger partial charge is 0.354 e. The Morgan fingerprint density at radius 3 is 1.28 bits per heavy atom. The summed E-state index contributed by atoms with van der Waals surface area (Å²) < 4.78 is 0. The topological polar surface area (TPSA) is 113 Å². The van der Waals surface area contributed by atoms with Crippen molar-refractivity contribution in [1.29, 1.82) is 0 Å². The van der Waals surface area contributed by atoms with Crippen molar-refractivity contribution >= 4 is 17.8 Å². The van der Waals surface area contributed by atoms with Crippen LogP contribution >= 0.6 is 0 Å². The second kappa shape index (κ2) is 22.4. The summed E-state index contributed by atoms with van der Waals surface area (Å²) in [6.07, 6.45) is 21.1. The van der Waals surface area contributed by atoms with Gasteiger partial charge in [0, 0.05) is 6.54 Å². The van der Waals surface area contributed by atoms with Crippen LogP contribution in [0.4, 0.5) is 4.79 Å². The van der Waals surface area contributed by atoms with Gasteiger partial charge >= 0.3 is 6.03 Å². The number of nitrogens with one attached hydrogen (secondary N) is 3. The molecule has 0 fully saturated rings. The first kappa shape index (κ1) is 34.2. The van der Waals surface area contributed by atoms with Crippen molar-refractivity contribution < 1.29 is 14.4 Å². The Kier molecular flexibility index (Phi) is 21.3. The van der Waals surface area contributed by atoms with Gasteiger partial charge in [0.2, 0.25) is 11.8 Å². The van der Waals surface area contributed by atoms with E-state index in [9.17, 15) is 14.4 Å². The van der Waals surface area contributed by atoms with Gasteiger partial charge in [0.1, 0.15) is 12.1 Å². The van der Waals surface area contributed by atoms with Gasteiger partial charge in [-0.3, -0.25) is 9.59 Å². The Morgan fingerprint density at radius 1 is 0.556 bits per heavy atom. The van der Waals surface area contributed by atoms with E-state index in [1.165, 1.54) is 89.9 Å². The van der Waals surface area contributed by atoms with Crippen molar-refractivity contribution in [3.63, 3.8) is 0 Å². The average molecular weight is 511 g/mol. The van der Waals surface area contributed by atoms with Crippen LogP contribution in [0.1, 0.15) is 137 Å². The lowest BCUT2D eigenvalue weighted by molar-refractivity contribution is -0.131. The van der Waals surface area contributed by atoms with Gasteiger partial charge in [0.15, 0.2) is 0 Å². The molecule has 0 radical (unpaired) electrons. The van der Waals surface area contributed by atoms with E-state index in [-0.39, 0.29) is 23.7 Å². The van der Waals surface area contributed by atoms with Crippen LogP contribution in [0.3, 0.4) is 0 Å². The number of rotatable bonds is 23. The molecule has 212 valence electrons. The number of amides is 4. The molecule has 0 unspecified atom stereocenters. The van der Waals surface area contributed by atoms with Crippen molar-refractivity contribution in [2.24, 2.45) is 17.6 Å². The van der Waals surface area contributed by atoms with Crippen LogP contribution < -0.4 is 21.7 Å². The lowest BCUT2D eigenvalue weighted by Crippen LogP contribution is -2.57. The molecule has 0 aliphatic carbocycles. The Morgan fingerprint density at radius 2 is 0.917 bits per heavy atom. The maximum atomic E-state index is 12.7. The predicted molar refractivity (Wildman–Crippen MR) is 151 cm³/mol. The summed E-state index contributed by atoms with van der Waals surface area (Å²) in [5, 5.41) is 8.21. The lowest BCUT2D eigenvalue weighted by Gasteiger charge is -2.26. The van der Waals surface area contributed by atoms with Gasteiger partial charge in [0.05, 0.1) is 0 Å². The van der Waals surface area contributed by atoms with Crippen molar-refractivity contribution in [2.75, 3.05) is 6.54 Å². The molecule has 36 heavy (non-hydrogen) atoms. The molecule has 0 bridgehead atoms. The fourth-order valence-corrected chi connectivity index (χ4v) is 4.46. The molecule has 7 nitrogen and oxygen atoms in total. The quantitative estimate of drug-likeness (QED) is 0.123. The number of carbonyl (C=O) groups is 3. The molecule has 0 rings (SSSR count). The number of hydrogen-bond acceptors (Lipinski definition) is 3. The molecular weight excluding hydrogens is 452 g/mol. The predicted octanol–water partition coefficient (Wildman–Crippen LogP) is 6.20. The minimum atomic E-state index is -0.767. The summed E-state index contributed by atoms with van der Waals surface area (Å²) >= 11 is 0. The van der Waals surface area contributed by atoms with Crippen molar-refractivity contribution in [1.82, 2.24) is 16.0 Å². The fraction of sp³-hybridized carbons (Fsp3) is 0.897. The first-order chi connectivity index (χ1) is 17.2. The molecule has 0 aromatic rings. The van der Waals surface area contributed by atoms with E-state index in [2.05, 4.69) is 22.9 Å². The van der Waals surface area contributed by atoms with Gasteiger partial charge < -0.3 is 21.7 Å². The van der Waals surface area contributed by atoms with E-state index in [0.717, 1.165) is 12.8 Å². The zero-order valence-electron chi connectivity index (χ0n) is 24.1. The van der Waals surface area contributed by atoms with E-state index in [1.807, 2.05) is 27.7 Å². The summed E-state index contributed by atoms with van der Waals surface area (Å²) in [5.74, 6) is -0.777. The van der Waals surface area contributed by atoms with E-state index >= 15 is 0 Å². The lowest BCUT2D eigenvalue weighted by atomic mass is 9.99. The minimum absolute atomic E-state index is 0.0684.